The standard InChI is InChI=1S/C30H54O4.C2H6/c1-6-8-9-14-17-26(31)22-27-19-20-32-30(33-27)23(3)16-13-11-10-12-15-18-29-25(5)21-24(4)28(7-2)34-29;1-2/h11,13,16,24-31H,6-10,12,14-15,17-22H2,1-5H3;1-2H3/b13-11-,23-16+;/t24?,25-,26?,27?,28?,29?,30?;/m1./s1. The van der Waals surface area contributed by atoms with Crippen LogP contribution in [0.4, 0.5) is 0 Å². The van der Waals surface area contributed by atoms with Crippen LogP contribution in [0.15, 0.2) is 23.8 Å². The molecule has 4 nitrogen and oxygen atoms in total. The number of allylic oxidation sites excluding steroid dienone is 3. The van der Waals surface area contributed by atoms with Crippen LogP contribution < -0.4 is 0 Å². The van der Waals surface area contributed by atoms with Crippen molar-refractivity contribution in [2.45, 2.75) is 163 Å². The van der Waals surface area contributed by atoms with Gasteiger partial charge in [-0.1, -0.05) is 91.9 Å². The van der Waals surface area contributed by atoms with Crippen molar-refractivity contribution < 1.29 is 19.3 Å². The molecule has 2 fully saturated rings. The lowest BCUT2D eigenvalue weighted by molar-refractivity contribution is -0.198. The summed E-state index contributed by atoms with van der Waals surface area (Å²) in [6.07, 6.45) is 21.4. The maximum atomic E-state index is 10.4. The second-order valence-corrected chi connectivity index (χ2v) is 10.9. The fourth-order valence-electron chi connectivity index (χ4n) is 5.47. The van der Waals surface area contributed by atoms with Gasteiger partial charge in [0.05, 0.1) is 31.0 Å². The van der Waals surface area contributed by atoms with Gasteiger partial charge in [0.25, 0.3) is 0 Å². The van der Waals surface area contributed by atoms with Gasteiger partial charge in [-0.3, -0.25) is 0 Å². The van der Waals surface area contributed by atoms with Gasteiger partial charge >= 0.3 is 0 Å². The van der Waals surface area contributed by atoms with Crippen LogP contribution in [0.3, 0.4) is 0 Å². The Kier molecular flexibility index (Phi) is 18.8. The molecule has 0 saturated carbocycles. The minimum absolute atomic E-state index is 0.0898. The van der Waals surface area contributed by atoms with Crippen LogP contribution in [0.25, 0.3) is 0 Å². The van der Waals surface area contributed by atoms with E-state index in [0.717, 1.165) is 44.1 Å². The van der Waals surface area contributed by atoms with Gasteiger partial charge in [-0.15, -0.1) is 0 Å². The lowest BCUT2D eigenvalue weighted by atomic mass is 9.83. The molecule has 2 aliphatic heterocycles. The molecule has 2 saturated heterocycles. The van der Waals surface area contributed by atoms with Crippen molar-refractivity contribution in [3.8, 4) is 0 Å². The van der Waals surface area contributed by atoms with Crippen LogP contribution in [0, 0.1) is 11.8 Å². The number of aliphatic hydroxyl groups is 1. The number of hydrogen-bond acceptors (Lipinski definition) is 4. The summed E-state index contributed by atoms with van der Waals surface area (Å²) in [5.41, 5.74) is 1.10. The predicted molar refractivity (Wildman–Crippen MR) is 153 cm³/mol. The lowest BCUT2D eigenvalue weighted by Gasteiger charge is -2.39. The van der Waals surface area contributed by atoms with Crippen molar-refractivity contribution >= 4 is 0 Å². The Morgan fingerprint density at radius 1 is 0.972 bits per heavy atom. The Morgan fingerprint density at radius 2 is 1.72 bits per heavy atom. The molecular weight excluding hydrogens is 448 g/mol. The molecule has 0 aromatic rings. The smallest absolute Gasteiger partial charge is 0.180 e. The summed E-state index contributed by atoms with van der Waals surface area (Å²) >= 11 is 0. The minimum atomic E-state index is -0.283. The molecule has 2 aliphatic rings. The van der Waals surface area contributed by atoms with Gasteiger partial charge in [-0.2, -0.15) is 0 Å². The molecule has 4 heteroatoms. The molecule has 212 valence electrons. The molecule has 7 atom stereocenters. The van der Waals surface area contributed by atoms with E-state index in [-0.39, 0.29) is 18.5 Å². The second kappa shape index (κ2) is 20.3. The molecule has 2 heterocycles. The fourth-order valence-corrected chi connectivity index (χ4v) is 5.47. The van der Waals surface area contributed by atoms with E-state index >= 15 is 0 Å². The van der Waals surface area contributed by atoms with Crippen molar-refractivity contribution in [1.82, 2.24) is 0 Å². The summed E-state index contributed by atoms with van der Waals surface area (Å²) < 4.78 is 18.4. The molecule has 0 aliphatic carbocycles. The molecule has 0 amide bonds. The van der Waals surface area contributed by atoms with E-state index in [2.05, 4.69) is 52.8 Å². The molecule has 0 aromatic heterocycles. The highest BCUT2D eigenvalue weighted by atomic mass is 16.7. The number of unbranched alkanes of at least 4 members (excludes halogenated alkanes) is 5. The second-order valence-electron chi connectivity index (χ2n) is 10.9. The summed E-state index contributed by atoms with van der Waals surface area (Å²) in [7, 11) is 0. The third-order valence-electron chi connectivity index (χ3n) is 7.69. The molecule has 36 heavy (non-hydrogen) atoms. The Bertz CT molecular complexity index is 587. The molecule has 1 N–H and O–H groups in total. The fraction of sp³-hybridized carbons (Fsp3) is 0.875. The first kappa shape index (κ1) is 33.3. The average Bonchev–Trinajstić information content (AvgIpc) is 2.88. The highest BCUT2D eigenvalue weighted by molar-refractivity contribution is 5.13. The topological polar surface area (TPSA) is 47.9 Å². The van der Waals surface area contributed by atoms with Crippen LogP contribution in [-0.2, 0) is 14.2 Å². The first-order valence-corrected chi connectivity index (χ1v) is 15.4. The summed E-state index contributed by atoms with van der Waals surface area (Å²) in [5.74, 6) is 1.38. The molecule has 0 bridgehead atoms. The number of aliphatic hydroxyl groups excluding tert-OH is 1. The van der Waals surface area contributed by atoms with E-state index in [4.69, 9.17) is 14.2 Å². The summed E-state index contributed by atoms with van der Waals surface area (Å²) in [5, 5.41) is 10.4. The van der Waals surface area contributed by atoms with E-state index in [1.54, 1.807) is 0 Å². The Morgan fingerprint density at radius 3 is 2.44 bits per heavy atom. The first-order valence-electron chi connectivity index (χ1n) is 15.4. The van der Waals surface area contributed by atoms with Gasteiger partial charge < -0.3 is 19.3 Å². The van der Waals surface area contributed by atoms with Gasteiger partial charge in [-0.25, -0.2) is 0 Å². The van der Waals surface area contributed by atoms with E-state index in [0.29, 0.717) is 30.7 Å². The van der Waals surface area contributed by atoms with Crippen LogP contribution >= 0.6 is 0 Å². The van der Waals surface area contributed by atoms with E-state index < -0.39 is 0 Å². The largest absolute Gasteiger partial charge is 0.393 e. The normalized spacial score (nSPS) is 30.2. The highest BCUT2D eigenvalue weighted by Gasteiger charge is 2.32. The van der Waals surface area contributed by atoms with Crippen molar-refractivity contribution in [1.29, 1.82) is 0 Å². The predicted octanol–water partition coefficient (Wildman–Crippen LogP) is 8.77. The Hall–Kier alpha value is -0.680. The third-order valence-corrected chi connectivity index (χ3v) is 7.69. The van der Waals surface area contributed by atoms with Gasteiger partial charge in [-0.05, 0) is 75.7 Å². The van der Waals surface area contributed by atoms with Crippen LogP contribution in [-0.4, -0.2) is 42.4 Å². The van der Waals surface area contributed by atoms with Crippen LogP contribution in [0.2, 0.25) is 0 Å². The third kappa shape index (κ3) is 13.2. The number of ether oxygens (including phenoxy) is 3. The summed E-state index contributed by atoms with van der Waals surface area (Å²) in [6.45, 7) is 15.9. The number of hydrogen-bond donors (Lipinski definition) is 1. The van der Waals surface area contributed by atoms with Gasteiger partial charge in [0.15, 0.2) is 6.29 Å². The molecule has 0 spiro atoms. The zero-order chi connectivity index (χ0) is 26.8. The average molecular weight is 509 g/mol. The van der Waals surface area contributed by atoms with Crippen molar-refractivity contribution in [2.24, 2.45) is 11.8 Å². The maximum Gasteiger partial charge on any atom is 0.180 e. The van der Waals surface area contributed by atoms with E-state index in [1.807, 2.05) is 13.8 Å². The molecular formula is C32H60O4. The van der Waals surface area contributed by atoms with Gasteiger partial charge in [0, 0.05) is 0 Å². The molecule has 0 radical (unpaired) electrons. The number of rotatable bonds is 15. The van der Waals surface area contributed by atoms with Crippen LogP contribution in [0.5, 0.6) is 0 Å². The summed E-state index contributed by atoms with van der Waals surface area (Å²) in [6, 6.07) is 0. The van der Waals surface area contributed by atoms with Gasteiger partial charge in [0.2, 0.25) is 0 Å². The Balaban J connectivity index is 0.00000316. The molecule has 6 unspecified atom stereocenters. The Labute approximate surface area is 224 Å². The quantitative estimate of drug-likeness (QED) is 0.177. The minimum Gasteiger partial charge on any atom is -0.393 e. The molecule has 2 rings (SSSR count). The van der Waals surface area contributed by atoms with Crippen LogP contribution in [0.1, 0.15) is 132 Å². The van der Waals surface area contributed by atoms with Crippen molar-refractivity contribution in [3.63, 3.8) is 0 Å². The van der Waals surface area contributed by atoms with E-state index in [9.17, 15) is 5.11 Å². The van der Waals surface area contributed by atoms with E-state index in [1.165, 1.54) is 44.9 Å². The zero-order valence-electron chi connectivity index (χ0n) is 24.8. The van der Waals surface area contributed by atoms with Crippen molar-refractivity contribution in [2.75, 3.05) is 6.61 Å². The first-order chi connectivity index (χ1) is 17.4. The molecule has 0 aromatic carbocycles. The monoisotopic (exact) mass is 508 g/mol. The maximum absolute atomic E-state index is 10.4. The lowest BCUT2D eigenvalue weighted by Crippen LogP contribution is -2.38. The van der Waals surface area contributed by atoms with Gasteiger partial charge in [0.1, 0.15) is 0 Å². The SMILES string of the molecule is CC.CCCCCCC(O)CC1CCOC(/C(C)=C/C=C\CCCCC2OC(CC)C(C)C[C@H]2C)O1. The zero-order valence-corrected chi connectivity index (χ0v) is 24.8. The van der Waals surface area contributed by atoms with Crippen molar-refractivity contribution in [3.05, 3.63) is 23.8 Å². The summed E-state index contributed by atoms with van der Waals surface area (Å²) in [4.78, 5) is 0. The highest BCUT2D eigenvalue weighted by Crippen LogP contribution is 2.33.